The maximum atomic E-state index is 15.2. The second-order valence-corrected chi connectivity index (χ2v) is 16.9. The van der Waals surface area contributed by atoms with E-state index in [9.17, 15) is 19.5 Å². The minimum Gasteiger partial charge on any atom is -0.455 e. The molecule has 0 radical (unpaired) electrons. The first-order valence-corrected chi connectivity index (χ1v) is 19.2. The van der Waals surface area contributed by atoms with Gasteiger partial charge in [0.1, 0.15) is 17.7 Å². The lowest BCUT2D eigenvalue weighted by Gasteiger charge is -2.47. The molecule has 11 heteroatoms. The van der Waals surface area contributed by atoms with Crippen LogP contribution >= 0.6 is 0 Å². The summed E-state index contributed by atoms with van der Waals surface area (Å²) in [6, 6.07) is 6.66. The van der Waals surface area contributed by atoms with Crippen molar-refractivity contribution >= 4 is 23.7 Å². The molecule has 1 spiro atoms. The summed E-state index contributed by atoms with van der Waals surface area (Å²) in [4.78, 5) is 61.1. The van der Waals surface area contributed by atoms with Crippen molar-refractivity contribution in [1.29, 1.82) is 0 Å². The zero-order chi connectivity index (χ0) is 39.3. The van der Waals surface area contributed by atoms with Crippen LogP contribution in [0, 0.1) is 23.2 Å². The molecule has 9 atom stereocenters. The number of likely N-dealkylation sites (tertiary alicyclic amines) is 1. The number of aliphatic hydroxyl groups excluding tert-OH is 1. The van der Waals surface area contributed by atoms with Crippen LogP contribution in [-0.4, -0.2) is 101 Å². The van der Waals surface area contributed by atoms with Crippen LogP contribution < -0.4 is 5.32 Å². The number of rotatable bonds is 19. The number of esters is 1. The van der Waals surface area contributed by atoms with Crippen molar-refractivity contribution in [2.24, 2.45) is 23.2 Å². The van der Waals surface area contributed by atoms with E-state index < -0.39 is 59.3 Å². The molecule has 2 N–H and O–H groups in total. The van der Waals surface area contributed by atoms with Gasteiger partial charge in [0.25, 0.3) is 0 Å². The van der Waals surface area contributed by atoms with Crippen LogP contribution in [0.1, 0.15) is 98.7 Å². The third kappa shape index (κ3) is 8.73. The summed E-state index contributed by atoms with van der Waals surface area (Å²) in [6.07, 6.45) is 4.64. The molecule has 3 aliphatic rings. The molecule has 0 aromatic heterocycles. The van der Waals surface area contributed by atoms with Gasteiger partial charge >= 0.3 is 5.97 Å². The molecule has 1 aromatic carbocycles. The van der Waals surface area contributed by atoms with E-state index in [1.165, 1.54) is 7.11 Å². The minimum atomic E-state index is -1.30. The Labute approximate surface area is 316 Å². The standard InChI is InChI=1S/C42H63N3O8/c1-11-14-20-32(47)43-29(25-51-10)35(28-18-16-15-17-19-28)52-39(50)33-31-21-22-42(53-31)34(33)37(48)45(30(24-46)27(4)13-3)36(42)38(49)44(23-12-2)41(8,9)26-40(5,6)7/h11-12,15-19,27,29-31,33-36,46H,1-2,13-14,20-26H2,3-10H3,(H,43,47)/t27-,29+,30-,31-,33+,34+,35+,36-,42+/m0/s1. The highest BCUT2D eigenvalue weighted by molar-refractivity contribution is 5.98. The van der Waals surface area contributed by atoms with Crippen molar-refractivity contribution in [3.8, 4) is 0 Å². The smallest absolute Gasteiger partial charge is 0.313 e. The van der Waals surface area contributed by atoms with Gasteiger partial charge in [-0.1, -0.05) is 83.5 Å². The van der Waals surface area contributed by atoms with Gasteiger partial charge in [-0.15, -0.1) is 13.2 Å². The normalized spacial score (nSPS) is 26.0. The largest absolute Gasteiger partial charge is 0.455 e. The van der Waals surface area contributed by atoms with Crippen molar-refractivity contribution in [3.05, 3.63) is 61.2 Å². The van der Waals surface area contributed by atoms with Crippen LogP contribution in [-0.2, 0) is 33.4 Å². The topological polar surface area (TPSA) is 135 Å². The molecule has 294 valence electrons. The Kier molecular flexibility index (Phi) is 13.8. The first kappa shape index (κ1) is 42.2. The number of fused-ring (bicyclic) bond motifs is 1. The fraction of sp³-hybridized carbons (Fsp3) is 0.667. The fourth-order valence-electron chi connectivity index (χ4n) is 9.24. The lowest BCUT2D eigenvalue weighted by molar-refractivity contribution is -0.164. The second kappa shape index (κ2) is 17.3. The third-order valence-corrected chi connectivity index (χ3v) is 11.4. The van der Waals surface area contributed by atoms with Crippen LogP contribution in [0.2, 0.25) is 0 Å². The molecule has 3 heterocycles. The number of hydrogen-bond acceptors (Lipinski definition) is 8. The van der Waals surface area contributed by atoms with Crippen LogP contribution in [0.5, 0.6) is 0 Å². The van der Waals surface area contributed by atoms with Crippen molar-refractivity contribution in [3.63, 3.8) is 0 Å². The van der Waals surface area contributed by atoms with Crippen LogP contribution in [0.3, 0.4) is 0 Å². The Balaban J connectivity index is 1.79. The van der Waals surface area contributed by atoms with Crippen LogP contribution in [0.4, 0.5) is 0 Å². The Hall–Kier alpha value is -3.54. The highest BCUT2D eigenvalue weighted by Gasteiger charge is 2.76. The number of nitrogens with zero attached hydrogens (tertiary/aromatic N) is 2. The minimum absolute atomic E-state index is 0.0600. The van der Waals surface area contributed by atoms with Gasteiger partial charge in [-0.3, -0.25) is 19.2 Å². The van der Waals surface area contributed by atoms with Crippen LogP contribution in [0.25, 0.3) is 0 Å². The zero-order valence-electron chi connectivity index (χ0n) is 33.1. The van der Waals surface area contributed by atoms with Crippen molar-refractivity contribution in [2.75, 3.05) is 26.9 Å². The van der Waals surface area contributed by atoms with E-state index in [2.05, 4.69) is 39.2 Å². The second-order valence-electron chi connectivity index (χ2n) is 16.9. The van der Waals surface area contributed by atoms with Crippen molar-refractivity contribution < 1.29 is 38.5 Å². The Bertz CT molecular complexity index is 1470. The van der Waals surface area contributed by atoms with Gasteiger partial charge < -0.3 is 34.4 Å². The zero-order valence-corrected chi connectivity index (χ0v) is 33.1. The maximum Gasteiger partial charge on any atom is 0.313 e. The summed E-state index contributed by atoms with van der Waals surface area (Å²) >= 11 is 0. The molecular formula is C42H63N3O8. The van der Waals surface area contributed by atoms with Crippen LogP contribution in [0.15, 0.2) is 55.6 Å². The van der Waals surface area contributed by atoms with Gasteiger partial charge in [0.2, 0.25) is 17.7 Å². The average Bonchev–Trinajstić information content (AvgIpc) is 3.75. The molecule has 53 heavy (non-hydrogen) atoms. The van der Waals surface area contributed by atoms with Gasteiger partial charge in [0.15, 0.2) is 0 Å². The first-order valence-electron chi connectivity index (χ1n) is 19.2. The lowest BCUT2D eigenvalue weighted by atomic mass is 9.70. The van der Waals surface area contributed by atoms with Crippen molar-refractivity contribution in [1.82, 2.24) is 15.1 Å². The number of carbonyl (C=O) groups excluding carboxylic acids is 4. The summed E-state index contributed by atoms with van der Waals surface area (Å²) in [5, 5.41) is 13.8. The fourth-order valence-corrected chi connectivity index (χ4v) is 9.24. The quantitative estimate of drug-likeness (QED) is 0.143. The van der Waals surface area contributed by atoms with E-state index in [4.69, 9.17) is 14.2 Å². The van der Waals surface area contributed by atoms with Gasteiger partial charge in [-0.2, -0.15) is 0 Å². The molecule has 0 saturated carbocycles. The van der Waals surface area contributed by atoms with E-state index in [1.807, 2.05) is 58.0 Å². The monoisotopic (exact) mass is 737 g/mol. The molecule has 0 unspecified atom stereocenters. The van der Waals surface area contributed by atoms with E-state index in [0.29, 0.717) is 37.7 Å². The van der Waals surface area contributed by atoms with Crippen molar-refractivity contribution in [2.45, 2.75) is 128 Å². The Morgan fingerprint density at radius 1 is 1.15 bits per heavy atom. The molecule has 4 rings (SSSR count). The van der Waals surface area contributed by atoms with Gasteiger partial charge in [-0.05, 0) is 56.4 Å². The summed E-state index contributed by atoms with van der Waals surface area (Å²) in [5.74, 6) is -3.70. The predicted octanol–water partition coefficient (Wildman–Crippen LogP) is 5.38. The van der Waals surface area contributed by atoms with Gasteiger partial charge in [0, 0.05) is 25.6 Å². The number of hydrogen-bond donors (Lipinski definition) is 2. The molecule has 3 saturated heterocycles. The maximum absolute atomic E-state index is 15.2. The van der Waals surface area contributed by atoms with Gasteiger partial charge in [-0.25, -0.2) is 0 Å². The number of ether oxygens (including phenoxy) is 3. The highest BCUT2D eigenvalue weighted by Crippen LogP contribution is 2.60. The third-order valence-electron chi connectivity index (χ3n) is 11.4. The van der Waals surface area contributed by atoms with E-state index in [0.717, 1.165) is 0 Å². The first-order chi connectivity index (χ1) is 25.0. The number of benzene rings is 1. The van der Waals surface area contributed by atoms with E-state index in [-0.39, 0.29) is 55.2 Å². The number of allylic oxidation sites excluding steroid dienone is 1. The molecule has 3 fully saturated rings. The summed E-state index contributed by atoms with van der Waals surface area (Å²) in [5.41, 5.74) is -1.38. The number of nitrogens with one attached hydrogen (secondary N) is 1. The van der Waals surface area contributed by atoms with E-state index in [1.54, 1.807) is 22.0 Å². The Morgan fingerprint density at radius 3 is 2.40 bits per heavy atom. The number of aliphatic hydroxyl groups is 1. The summed E-state index contributed by atoms with van der Waals surface area (Å²) in [7, 11) is 1.51. The number of methoxy groups -OCH3 is 1. The average molecular weight is 738 g/mol. The highest BCUT2D eigenvalue weighted by atomic mass is 16.6. The summed E-state index contributed by atoms with van der Waals surface area (Å²) in [6.45, 7) is 22.0. The number of amides is 3. The van der Waals surface area contributed by atoms with E-state index >= 15 is 4.79 Å². The lowest BCUT2D eigenvalue weighted by Crippen LogP contribution is -2.63. The molecule has 3 amide bonds. The SMILES string of the molecule is C=CCCC(=O)N[C@H](COC)[C@H](OC(=O)[C@@H]1[C@@H]2CC[C@]3(O2)[C@H](C(=O)N(CC=C)C(C)(C)CC(C)(C)C)N([C@@H](CO)[C@@H](C)CC)C(=O)[C@@H]13)c1ccccc1. The molecule has 0 aliphatic carbocycles. The molecule has 1 aromatic rings. The molecule has 3 aliphatic heterocycles. The molecule has 11 nitrogen and oxygen atoms in total. The predicted molar refractivity (Wildman–Crippen MR) is 203 cm³/mol. The van der Waals surface area contributed by atoms with Gasteiger partial charge in [0.05, 0.1) is 43.2 Å². The molecular weight excluding hydrogens is 674 g/mol. The Morgan fingerprint density at radius 2 is 1.83 bits per heavy atom. The molecule has 2 bridgehead atoms. The summed E-state index contributed by atoms with van der Waals surface area (Å²) < 4.78 is 18.6. The number of carbonyl (C=O) groups is 4.